The molecule has 1 unspecified atom stereocenters. The number of ether oxygens (including phenoxy) is 1. The van der Waals surface area contributed by atoms with Crippen LogP contribution in [0.5, 0.6) is 0 Å². The molecule has 7 nitrogen and oxygen atoms in total. The Morgan fingerprint density at radius 2 is 1.93 bits per heavy atom. The Kier molecular flexibility index (Phi) is 4.90. The van der Waals surface area contributed by atoms with Crippen molar-refractivity contribution in [2.45, 2.75) is 38.8 Å². The average molecular weight is 393 g/mol. The number of hydrogen-bond acceptors (Lipinski definition) is 5. The van der Waals surface area contributed by atoms with Gasteiger partial charge in [0.2, 0.25) is 0 Å². The summed E-state index contributed by atoms with van der Waals surface area (Å²) in [5.41, 5.74) is 2.36. The van der Waals surface area contributed by atoms with Crippen molar-refractivity contribution in [2.24, 2.45) is 0 Å². The molecule has 0 aliphatic carbocycles. The van der Waals surface area contributed by atoms with Gasteiger partial charge in [0.1, 0.15) is 11.4 Å². The third-order valence-electron chi connectivity index (χ3n) is 5.13. The first-order valence-electron chi connectivity index (χ1n) is 9.93. The highest BCUT2D eigenvalue weighted by Crippen LogP contribution is 2.25. The summed E-state index contributed by atoms with van der Waals surface area (Å²) in [4.78, 5) is 20.8. The van der Waals surface area contributed by atoms with E-state index in [1.165, 1.54) is 0 Å². The van der Waals surface area contributed by atoms with Crippen molar-refractivity contribution >= 4 is 17.6 Å². The first-order valence-corrected chi connectivity index (χ1v) is 9.93. The summed E-state index contributed by atoms with van der Waals surface area (Å²) < 4.78 is 7.39. The molecule has 3 heterocycles. The molecule has 2 aromatic heterocycles. The molecule has 1 fully saturated rings. The van der Waals surface area contributed by atoms with Crippen LogP contribution in [0.2, 0.25) is 0 Å². The van der Waals surface area contributed by atoms with E-state index in [2.05, 4.69) is 22.0 Å². The summed E-state index contributed by atoms with van der Waals surface area (Å²) in [7, 11) is 1.81. The fourth-order valence-electron chi connectivity index (χ4n) is 3.59. The lowest BCUT2D eigenvalue weighted by Gasteiger charge is -2.28. The maximum atomic E-state index is 12.4. The second-order valence-electron chi connectivity index (χ2n) is 8.45. The number of hydrogen-bond donors (Lipinski definition) is 0. The minimum absolute atomic E-state index is 0.0960. The largest absolute Gasteiger partial charge is 0.444 e. The van der Waals surface area contributed by atoms with Gasteiger partial charge in [-0.05, 0) is 39.3 Å². The Balaban J connectivity index is 1.53. The van der Waals surface area contributed by atoms with Crippen LogP contribution in [0.3, 0.4) is 0 Å². The van der Waals surface area contributed by atoms with Crippen molar-refractivity contribution in [3.8, 4) is 11.3 Å². The molecule has 0 radical (unpaired) electrons. The van der Waals surface area contributed by atoms with Crippen molar-refractivity contribution in [1.29, 1.82) is 0 Å². The van der Waals surface area contributed by atoms with Gasteiger partial charge in [-0.2, -0.15) is 0 Å². The van der Waals surface area contributed by atoms with E-state index >= 15 is 0 Å². The lowest BCUT2D eigenvalue weighted by atomic mass is 10.2. The lowest BCUT2D eigenvalue weighted by molar-refractivity contribution is 0.0238. The van der Waals surface area contributed by atoms with Gasteiger partial charge in [0.15, 0.2) is 5.65 Å². The first kappa shape index (κ1) is 19.2. The van der Waals surface area contributed by atoms with Crippen LogP contribution < -0.4 is 4.90 Å². The van der Waals surface area contributed by atoms with Crippen LogP contribution in [0, 0.1) is 0 Å². The third kappa shape index (κ3) is 4.04. The number of rotatable bonds is 3. The molecule has 4 rings (SSSR count). The zero-order chi connectivity index (χ0) is 20.6. The van der Waals surface area contributed by atoms with E-state index < -0.39 is 5.60 Å². The van der Waals surface area contributed by atoms with Gasteiger partial charge >= 0.3 is 6.09 Å². The molecule has 1 amide bonds. The average Bonchev–Trinajstić information content (AvgIpc) is 3.33. The Bertz CT molecular complexity index is 1010. The highest BCUT2D eigenvalue weighted by atomic mass is 16.6. The maximum Gasteiger partial charge on any atom is 0.410 e. The molecule has 1 atom stereocenters. The van der Waals surface area contributed by atoms with Gasteiger partial charge in [-0.15, -0.1) is 5.10 Å². The molecular weight excluding hydrogens is 366 g/mol. The topological polar surface area (TPSA) is 63.0 Å². The van der Waals surface area contributed by atoms with Crippen LogP contribution in [0.25, 0.3) is 16.9 Å². The monoisotopic (exact) mass is 393 g/mol. The Labute approximate surface area is 170 Å². The summed E-state index contributed by atoms with van der Waals surface area (Å²) >= 11 is 0. The van der Waals surface area contributed by atoms with Crippen molar-refractivity contribution in [3.63, 3.8) is 0 Å². The van der Waals surface area contributed by atoms with Crippen molar-refractivity contribution in [1.82, 2.24) is 19.5 Å². The molecule has 0 bridgehead atoms. The number of anilines is 1. The van der Waals surface area contributed by atoms with Crippen molar-refractivity contribution < 1.29 is 9.53 Å². The molecule has 0 spiro atoms. The molecule has 1 aliphatic heterocycles. The van der Waals surface area contributed by atoms with Gasteiger partial charge < -0.3 is 14.5 Å². The van der Waals surface area contributed by atoms with Gasteiger partial charge in [0.05, 0.1) is 17.9 Å². The van der Waals surface area contributed by atoms with Crippen LogP contribution in [0.4, 0.5) is 10.6 Å². The molecule has 0 N–H and O–H groups in total. The smallest absolute Gasteiger partial charge is 0.410 e. The van der Waals surface area contributed by atoms with Crippen LogP contribution in [0.15, 0.2) is 48.7 Å². The number of imidazole rings is 1. The molecule has 29 heavy (non-hydrogen) atoms. The quantitative estimate of drug-likeness (QED) is 0.676. The number of amides is 1. The van der Waals surface area contributed by atoms with E-state index in [4.69, 9.17) is 9.84 Å². The molecule has 152 valence electrons. The van der Waals surface area contributed by atoms with Gasteiger partial charge in [-0.25, -0.2) is 14.3 Å². The maximum absolute atomic E-state index is 12.4. The summed E-state index contributed by atoms with van der Waals surface area (Å²) in [5.74, 6) is 0.882. The molecular formula is C22H27N5O2. The summed E-state index contributed by atoms with van der Waals surface area (Å²) in [5, 5.41) is 4.84. The predicted octanol–water partition coefficient (Wildman–Crippen LogP) is 3.84. The van der Waals surface area contributed by atoms with E-state index in [0.717, 1.165) is 42.2 Å². The Morgan fingerprint density at radius 1 is 1.17 bits per heavy atom. The highest BCUT2D eigenvalue weighted by molar-refractivity contribution is 5.68. The predicted molar refractivity (Wildman–Crippen MR) is 113 cm³/mol. The van der Waals surface area contributed by atoms with Crippen molar-refractivity contribution in [3.05, 3.63) is 48.7 Å². The van der Waals surface area contributed by atoms with E-state index in [9.17, 15) is 4.79 Å². The number of likely N-dealkylation sites (N-methyl/N-ethyl adjacent to an activating group) is 1. The Hall–Kier alpha value is -3.09. The fourth-order valence-corrected chi connectivity index (χ4v) is 3.59. The molecule has 1 aliphatic rings. The van der Waals surface area contributed by atoms with Gasteiger partial charge in [0, 0.05) is 25.7 Å². The highest BCUT2D eigenvalue weighted by Gasteiger charge is 2.31. The number of nitrogens with zero attached hydrogens (tertiary/aromatic N) is 5. The second kappa shape index (κ2) is 7.39. The zero-order valence-corrected chi connectivity index (χ0v) is 17.4. The van der Waals surface area contributed by atoms with E-state index in [1.807, 2.05) is 68.9 Å². The summed E-state index contributed by atoms with van der Waals surface area (Å²) in [6.07, 6.45) is 2.45. The van der Waals surface area contributed by atoms with E-state index in [0.29, 0.717) is 0 Å². The van der Waals surface area contributed by atoms with Gasteiger partial charge in [-0.1, -0.05) is 30.3 Å². The minimum Gasteiger partial charge on any atom is -0.444 e. The van der Waals surface area contributed by atoms with Crippen LogP contribution >= 0.6 is 0 Å². The van der Waals surface area contributed by atoms with Gasteiger partial charge in [-0.3, -0.25) is 0 Å². The van der Waals surface area contributed by atoms with Crippen LogP contribution in [-0.2, 0) is 4.74 Å². The van der Waals surface area contributed by atoms with E-state index in [-0.39, 0.29) is 12.1 Å². The van der Waals surface area contributed by atoms with Crippen LogP contribution in [0.1, 0.15) is 27.2 Å². The number of benzene rings is 1. The molecule has 0 saturated carbocycles. The third-order valence-corrected chi connectivity index (χ3v) is 5.13. The van der Waals surface area contributed by atoms with E-state index in [1.54, 1.807) is 4.90 Å². The summed E-state index contributed by atoms with van der Waals surface area (Å²) in [6.45, 7) is 7.21. The molecule has 1 aromatic carbocycles. The van der Waals surface area contributed by atoms with Crippen molar-refractivity contribution in [2.75, 3.05) is 25.0 Å². The first-order chi connectivity index (χ1) is 13.8. The van der Waals surface area contributed by atoms with Crippen LogP contribution in [-0.4, -0.2) is 57.4 Å². The SMILES string of the molecule is CN(C(=O)OC(C)(C)C)C1CCN(c2ccc3ncc(-c4ccccc4)n3n2)C1. The summed E-state index contributed by atoms with van der Waals surface area (Å²) in [6, 6.07) is 14.2. The minimum atomic E-state index is -0.495. The normalized spacial score (nSPS) is 17.0. The second-order valence-corrected chi connectivity index (χ2v) is 8.45. The zero-order valence-electron chi connectivity index (χ0n) is 17.4. The van der Waals surface area contributed by atoms with Gasteiger partial charge in [0.25, 0.3) is 0 Å². The lowest BCUT2D eigenvalue weighted by Crippen LogP contribution is -2.42. The molecule has 3 aromatic rings. The molecule has 7 heteroatoms. The fraction of sp³-hybridized carbons (Fsp3) is 0.409. The molecule has 1 saturated heterocycles. The number of fused-ring (bicyclic) bond motifs is 1. The number of aromatic nitrogens is 3. The number of carbonyl (C=O) groups is 1. The number of carbonyl (C=O) groups excluding carboxylic acids is 1. The Morgan fingerprint density at radius 3 is 2.66 bits per heavy atom. The standard InChI is InChI=1S/C22H27N5O2/c1-22(2,3)29-21(28)25(4)17-12-13-26(15-17)20-11-10-19-23-14-18(27(19)24-20)16-8-6-5-7-9-16/h5-11,14,17H,12-13,15H2,1-4H3.